The van der Waals surface area contributed by atoms with E-state index in [4.69, 9.17) is 11.6 Å². The summed E-state index contributed by atoms with van der Waals surface area (Å²) in [5.74, 6) is -7.41. The number of phenols is 1. The van der Waals surface area contributed by atoms with E-state index >= 15 is 9.59 Å². The number of pyridine rings is 1. The van der Waals surface area contributed by atoms with Crippen LogP contribution in [0.15, 0.2) is 115 Å². The van der Waals surface area contributed by atoms with Gasteiger partial charge in [0, 0.05) is 18.4 Å². The average molecular weight is 806 g/mol. The molecule has 4 aliphatic rings. The summed E-state index contributed by atoms with van der Waals surface area (Å²) in [6, 6.07) is 28.5. The highest BCUT2D eigenvalue weighted by atomic mass is 35.5. The Hall–Kier alpha value is -6.21. The van der Waals surface area contributed by atoms with Crippen LogP contribution in [0.2, 0.25) is 5.02 Å². The molecule has 2 saturated heterocycles. The number of imide groups is 2. The molecule has 9 rings (SSSR count). The molecule has 2 aliphatic carbocycles. The highest BCUT2D eigenvalue weighted by Crippen LogP contribution is 2.65. The van der Waals surface area contributed by atoms with Gasteiger partial charge < -0.3 is 5.11 Å². The molecule has 2 aliphatic heterocycles. The van der Waals surface area contributed by atoms with Crippen LogP contribution in [0.1, 0.15) is 41.1 Å². The predicted octanol–water partition coefficient (Wildman–Crippen LogP) is 7.96. The largest absolute Gasteiger partial charge is 0.507 e. The number of anilines is 2. The molecular formula is C44H35ClF3N5O5. The molecule has 2 N–H and O–H groups in total. The topological polar surface area (TPSA) is 123 Å². The molecule has 1 saturated carbocycles. The number of hydrogen-bond donors (Lipinski definition) is 2. The van der Waals surface area contributed by atoms with Gasteiger partial charge in [-0.05, 0) is 72.5 Å². The Morgan fingerprint density at radius 3 is 2.24 bits per heavy atom. The molecule has 1 aromatic heterocycles. The molecule has 3 fully saturated rings. The molecule has 0 radical (unpaired) electrons. The van der Waals surface area contributed by atoms with Crippen molar-refractivity contribution >= 4 is 57.5 Å². The molecule has 10 nitrogen and oxygen atoms in total. The Kier molecular flexibility index (Phi) is 8.66. The van der Waals surface area contributed by atoms with Crippen LogP contribution in [-0.2, 0) is 30.8 Å². The van der Waals surface area contributed by atoms with Crippen molar-refractivity contribution in [3.05, 3.63) is 142 Å². The first-order chi connectivity index (χ1) is 27.7. The van der Waals surface area contributed by atoms with Gasteiger partial charge in [0.2, 0.25) is 0 Å². The summed E-state index contributed by atoms with van der Waals surface area (Å²) in [4.78, 5) is 63.3. The van der Waals surface area contributed by atoms with Crippen LogP contribution < -0.4 is 10.4 Å². The zero-order chi connectivity index (χ0) is 40.8. The van der Waals surface area contributed by atoms with Crippen LogP contribution in [0, 0.1) is 30.6 Å². The lowest BCUT2D eigenvalue weighted by Gasteiger charge is -2.51. The van der Waals surface area contributed by atoms with Crippen LogP contribution in [0.3, 0.4) is 0 Å². The zero-order valence-corrected chi connectivity index (χ0v) is 31.8. The molecule has 294 valence electrons. The Morgan fingerprint density at radius 2 is 1.53 bits per heavy atom. The van der Waals surface area contributed by atoms with Crippen molar-refractivity contribution < 1.29 is 37.5 Å². The third-order valence-corrected chi connectivity index (χ3v) is 12.6. The first-order valence-electron chi connectivity index (χ1n) is 18.8. The van der Waals surface area contributed by atoms with E-state index in [0.29, 0.717) is 39.2 Å². The second kappa shape index (κ2) is 13.4. The van der Waals surface area contributed by atoms with Gasteiger partial charge in [-0.1, -0.05) is 102 Å². The number of allylic oxidation sites excluding steroid dienone is 2. The van der Waals surface area contributed by atoms with Gasteiger partial charge in [-0.25, -0.2) is 4.98 Å². The number of nitrogens with one attached hydrogen (secondary N) is 1. The second-order valence-electron chi connectivity index (χ2n) is 15.3. The number of aryl methyl sites for hydroxylation is 1. The number of carbonyl (C=O) groups excluding carboxylic acids is 4. The van der Waals surface area contributed by atoms with E-state index in [1.165, 1.54) is 7.05 Å². The van der Waals surface area contributed by atoms with Crippen LogP contribution in [0.5, 0.6) is 5.75 Å². The predicted molar refractivity (Wildman–Crippen MR) is 209 cm³/mol. The summed E-state index contributed by atoms with van der Waals surface area (Å²) in [7, 11) is 1.26. The zero-order valence-electron chi connectivity index (χ0n) is 31.1. The van der Waals surface area contributed by atoms with Crippen LogP contribution in [0.25, 0.3) is 10.8 Å². The van der Waals surface area contributed by atoms with Crippen molar-refractivity contribution in [1.29, 1.82) is 0 Å². The monoisotopic (exact) mass is 805 g/mol. The minimum absolute atomic E-state index is 0.00417. The first-order valence-corrected chi connectivity index (χ1v) is 19.1. The van der Waals surface area contributed by atoms with Gasteiger partial charge in [0.15, 0.2) is 5.82 Å². The van der Waals surface area contributed by atoms with Gasteiger partial charge in [0.1, 0.15) is 11.4 Å². The lowest BCUT2D eigenvalue weighted by Crippen LogP contribution is -2.53. The number of hydrazine groups is 2. The third kappa shape index (κ3) is 5.43. The maximum atomic E-state index is 15.5. The number of halogens is 4. The van der Waals surface area contributed by atoms with E-state index in [9.17, 15) is 27.9 Å². The number of nitrogens with zero attached hydrogens (tertiary/aromatic N) is 4. The maximum absolute atomic E-state index is 15.5. The number of phenolic OH excluding ortho intramolecular Hbond substituents is 1. The third-order valence-electron chi connectivity index (χ3n) is 12.3. The smallest absolute Gasteiger partial charge is 0.433 e. The normalized spacial score (nSPS) is 25.4. The molecule has 58 heavy (non-hydrogen) atoms. The van der Waals surface area contributed by atoms with Crippen molar-refractivity contribution in [1.82, 2.24) is 15.0 Å². The molecule has 4 amide bonds. The van der Waals surface area contributed by atoms with Crippen molar-refractivity contribution in [3.63, 3.8) is 0 Å². The Balaban J connectivity index is 1.22. The van der Waals surface area contributed by atoms with Gasteiger partial charge in [0.05, 0.1) is 33.9 Å². The van der Waals surface area contributed by atoms with E-state index < -0.39 is 76.3 Å². The molecule has 5 aromatic rings. The van der Waals surface area contributed by atoms with Gasteiger partial charge >= 0.3 is 6.18 Å². The molecule has 4 aromatic carbocycles. The lowest BCUT2D eigenvalue weighted by atomic mass is 9.49. The number of benzene rings is 4. The summed E-state index contributed by atoms with van der Waals surface area (Å²) in [5, 5.41) is 14.8. The molecule has 14 heteroatoms. The summed E-state index contributed by atoms with van der Waals surface area (Å²) in [5.41, 5.74) is 3.66. The number of aromatic hydroxyl groups is 1. The maximum Gasteiger partial charge on any atom is 0.433 e. The fourth-order valence-corrected chi connectivity index (χ4v) is 10.1. The summed E-state index contributed by atoms with van der Waals surface area (Å²) in [6.45, 7) is 1.92. The van der Waals surface area contributed by atoms with Crippen LogP contribution in [-0.4, -0.2) is 50.8 Å². The molecule has 3 heterocycles. The fourth-order valence-electron chi connectivity index (χ4n) is 9.84. The highest BCUT2D eigenvalue weighted by molar-refractivity contribution is 6.33. The number of alkyl halides is 3. The van der Waals surface area contributed by atoms with Gasteiger partial charge in [-0.3, -0.25) is 29.6 Å². The minimum Gasteiger partial charge on any atom is -0.507 e. The number of aromatic nitrogens is 1. The molecular weight excluding hydrogens is 771 g/mol. The summed E-state index contributed by atoms with van der Waals surface area (Å²) in [6.07, 6.45) is -2.86. The quantitative estimate of drug-likeness (QED) is 0.131. The van der Waals surface area contributed by atoms with E-state index in [1.807, 2.05) is 55.5 Å². The SMILES string of the molecule is Cc1ccc(NN2C(=O)C3CC4C(=CCC5C(=O)N(N(C)c6nc(C(F)(F)F)ccc6Cl)C(=O)C54)C(c4ccc(O)c5ccccc45)C3(c3ccccc3)C2=O)cc1. The Labute approximate surface area is 335 Å². The summed E-state index contributed by atoms with van der Waals surface area (Å²) < 4.78 is 41.3. The van der Waals surface area contributed by atoms with E-state index in [0.717, 1.165) is 26.7 Å². The van der Waals surface area contributed by atoms with Crippen molar-refractivity contribution in [2.45, 2.75) is 37.3 Å². The summed E-state index contributed by atoms with van der Waals surface area (Å²) >= 11 is 6.34. The molecule has 0 spiro atoms. The molecule has 6 unspecified atom stereocenters. The standard InChI is InChI=1S/C44H35ClF3N5O5/c1-23-12-14-25(15-13-23)50-52-40(56)32-22-31-29(16-17-30-36(31)41(57)53(39(30)55)51(2)38-33(45)19-21-35(49-38)44(46,47)48)37(43(32,42(52)58)24-8-4-3-5-9-24)28-18-20-34(54)27-11-7-6-10-26(27)28/h3-16,18-21,30-32,36-37,50,54H,17,22H2,1-2H3. The van der Waals surface area contributed by atoms with Gasteiger partial charge in [-0.2, -0.15) is 23.2 Å². The van der Waals surface area contributed by atoms with E-state index in [2.05, 4.69) is 10.4 Å². The number of fused-ring (bicyclic) bond motifs is 5. The van der Waals surface area contributed by atoms with Gasteiger partial charge in [0.25, 0.3) is 23.6 Å². The second-order valence-corrected chi connectivity index (χ2v) is 15.7. The van der Waals surface area contributed by atoms with Crippen molar-refractivity contribution in [2.75, 3.05) is 17.5 Å². The van der Waals surface area contributed by atoms with Crippen LogP contribution in [0.4, 0.5) is 24.7 Å². The number of hydrogen-bond acceptors (Lipinski definition) is 8. The minimum atomic E-state index is -4.82. The number of rotatable bonds is 6. The Morgan fingerprint density at radius 1 is 0.845 bits per heavy atom. The van der Waals surface area contributed by atoms with Crippen molar-refractivity contribution in [3.8, 4) is 5.75 Å². The van der Waals surface area contributed by atoms with Gasteiger partial charge in [-0.15, -0.1) is 0 Å². The fraction of sp³-hybridized carbons (Fsp3) is 0.250. The average Bonchev–Trinajstić information content (AvgIpc) is 3.59. The molecule has 6 atom stereocenters. The van der Waals surface area contributed by atoms with E-state index in [-0.39, 0.29) is 23.6 Å². The first kappa shape index (κ1) is 37.4. The number of amides is 4. The Bertz CT molecular complexity index is 2580. The highest BCUT2D eigenvalue weighted by Gasteiger charge is 2.70. The number of carbonyl (C=O) groups is 4. The lowest BCUT2D eigenvalue weighted by molar-refractivity contribution is -0.142. The molecule has 0 bridgehead atoms. The van der Waals surface area contributed by atoms with Crippen molar-refractivity contribution in [2.24, 2.45) is 23.7 Å². The van der Waals surface area contributed by atoms with E-state index in [1.54, 1.807) is 48.5 Å². The van der Waals surface area contributed by atoms with Crippen LogP contribution >= 0.6 is 11.6 Å².